The van der Waals surface area contributed by atoms with Crippen molar-refractivity contribution in [3.63, 3.8) is 0 Å². The largest absolute Gasteiger partial charge is 0.492 e. The number of aromatic nitrogens is 1. The lowest BCUT2D eigenvalue weighted by Crippen LogP contribution is -2.03. The van der Waals surface area contributed by atoms with E-state index in [0.29, 0.717) is 17.9 Å². The van der Waals surface area contributed by atoms with E-state index >= 15 is 0 Å². The first-order chi connectivity index (χ1) is 9.79. The van der Waals surface area contributed by atoms with Crippen molar-refractivity contribution in [1.29, 1.82) is 0 Å². The highest BCUT2D eigenvalue weighted by Crippen LogP contribution is 2.19. The smallest absolute Gasteiger partial charge is 0.135 e. The average molecular weight is 271 g/mol. The highest BCUT2D eigenvalue weighted by Gasteiger charge is 2.03. The van der Waals surface area contributed by atoms with Crippen molar-refractivity contribution in [2.45, 2.75) is 6.42 Å². The van der Waals surface area contributed by atoms with Gasteiger partial charge in [0, 0.05) is 18.8 Å². The van der Waals surface area contributed by atoms with E-state index in [0.717, 1.165) is 12.0 Å². The molecule has 0 aliphatic heterocycles. The molecule has 102 valence electrons. The minimum atomic E-state index is -0.381. The standard InChI is InChI=1S/C16H14FNO2/c17-15-3-4-16(14(12-15)2-1-10-19)20-11-7-13-5-8-18-9-6-13/h3-6,8-9,12,19H,7,10-11H2. The Hall–Kier alpha value is -2.38. The lowest BCUT2D eigenvalue weighted by molar-refractivity contribution is 0.320. The fourth-order valence-electron chi connectivity index (χ4n) is 1.69. The van der Waals surface area contributed by atoms with E-state index < -0.39 is 0 Å². The van der Waals surface area contributed by atoms with Gasteiger partial charge in [-0.25, -0.2) is 4.39 Å². The number of ether oxygens (including phenoxy) is 1. The Labute approximate surface area is 117 Å². The normalized spacial score (nSPS) is 9.70. The Morgan fingerprint density at radius 1 is 1.20 bits per heavy atom. The summed E-state index contributed by atoms with van der Waals surface area (Å²) in [7, 11) is 0. The SMILES string of the molecule is OCC#Cc1cc(F)ccc1OCCc1ccncc1. The molecule has 0 aliphatic carbocycles. The van der Waals surface area contributed by atoms with Crippen molar-refractivity contribution >= 4 is 0 Å². The third-order valence-electron chi connectivity index (χ3n) is 2.64. The van der Waals surface area contributed by atoms with Crippen molar-refractivity contribution in [3.8, 4) is 17.6 Å². The fourth-order valence-corrected chi connectivity index (χ4v) is 1.69. The molecule has 0 atom stereocenters. The molecule has 4 heteroatoms. The van der Waals surface area contributed by atoms with Crippen LogP contribution in [0, 0.1) is 17.7 Å². The van der Waals surface area contributed by atoms with E-state index in [-0.39, 0.29) is 12.4 Å². The lowest BCUT2D eigenvalue weighted by Gasteiger charge is -2.08. The second-order valence-corrected chi connectivity index (χ2v) is 4.05. The van der Waals surface area contributed by atoms with Crippen LogP contribution >= 0.6 is 0 Å². The molecular formula is C16H14FNO2. The van der Waals surface area contributed by atoms with E-state index in [1.807, 2.05) is 12.1 Å². The summed E-state index contributed by atoms with van der Waals surface area (Å²) in [5.74, 6) is 5.30. The molecule has 0 unspecified atom stereocenters. The van der Waals surface area contributed by atoms with Crippen molar-refractivity contribution in [2.24, 2.45) is 0 Å². The van der Waals surface area contributed by atoms with Gasteiger partial charge >= 0.3 is 0 Å². The number of hydrogen-bond donors (Lipinski definition) is 1. The molecular weight excluding hydrogens is 257 g/mol. The molecule has 0 saturated carbocycles. The predicted octanol–water partition coefficient (Wildman–Crippen LogP) is 2.19. The van der Waals surface area contributed by atoms with Crippen molar-refractivity contribution in [1.82, 2.24) is 4.98 Å². The number of aliphatic hydroxyl groups is 1. The molecule has 0 radical (unpaired) electrons. The molecule has 1 heterocycles. The first-order valence-electron chi connectivity index (χ1n) is 6.20. The van der Waals surface area contributed by atoms with Crippen LogP contribution in [0.1, 0.15) is 11.1 Å². The Kier molecular flexibility index (Phi) is 5.10. The van der Waals surface area contributed by atoms with Gasteiger partial charge in [0.25, 0.3) is 0 Å². The summed E-state index contributed by atoms with van der Waals surface area (Å²) in [6.07, 6.45) is 4.18. The minimum Gasteiger partial charge on any atom is -0.492 e. The number of halogens is 1. The number of aliphatic hydroxyl groups excluding tert-OH is 1. The molecule has 20 heavy (non-hydrogen) atoms. The second-order valence-electron chi connectivity index (χ2n) is 4.05. The molecule has 0 amide bonds. The zero-order chi connectivity index (χ0) is 14.2. The Morgan fingerprint density at radius 3 is 2.75 bits per heavy atom. The maximum Gasteiger partial charge on any atom is 0.135 e. The Bertz CT molecular complexity index is 617. The van der Waals surface area contributed by atoms with Gasteiger partial charge in [-0.05, 0) is 35.9 Å². The zero-order valence-electron chi connectivity index (χ0n) is 10.8. The molecule has 0 fully saturated rings. The molecule has 0 bridgehead atoms. The first-order valence-corrected chi connectivity index (χ1v) is 6.20. The van der Waals surface area contributed by atoms with Gasteiger partial charge in [-0.15, -0.1) is 0 Å². The van der Waals surface area contributed by atoms with E-state index in [1.54, 1.807) is 18.5 Å². The van der Waals surface area contributed by atoms with E-state index in [2.05, 4.69) is 16.8 Å². The summed E-state index contributed by atoms with van der Waals surface area (Å²) < 4.78 is 18.8. The quantitative estimate of drug-likeness (QED) is 0.867. The average Bonchev–Trinajstić information content (AvgIpc) is 2.48. The number of pyridine rings is 1. The summed E-state index contributed by atoms with van der Waals surface area (Å²) in [6.45, 7) is 0.191. The summed E-state index contributed by atoms with van der Waals surface area (Å²) in [5.41, 5.74) is 1.55. The topological polar surface area (TPSA) is 42.4 Å². The van der Waals surface area contributed by atoms with Gasteiger partial charge < -0.3 is 9.84 Å². The second kappa shape index (κ2) is 7.27. The van der Waals surface area contributed by atoms with Crippen LogP contribution in [-0.4, -0.2) is 23.3 Å². The van der Waals surface area contributed by atoms with E-state index in [9.17, 15) is 4.39 Å². The van der Waals surface area contributed by atoms with E-state index in [4.69, 9.17) is 9.84 Å². The number of nitrogens with zero attached hydrogens (tertiary/aromatic N) is 1. The van der Waals surface area contributed by atoms with Crippen LogP contribution in [-0.2, 0) is 6.42 Å². The Balaban J connectivity index is 2.02. The van der Waals surface area contributed by atoms with Gasteiger partial charge in [-0.2, -0.15) is 0 Å². The van der Waals surface area contributed by atoms with Crippen LogP contribution in [0.3, 0.4) is 0 Å². The van der Waals surface area contributed by atoms with Gasteiger partial charge in [0.15, 0.2) is 0 Å². The molecule has 2 aromatic rings. The molecule has 2 rings (SSSR count). The number of benzene rings is 1. The first kappa shape index (κ1) is 14.0. The number of rotatable bonds is 4. The van der Waals surface area contributed by atoms with Crippen LogP contribution in [0.2, 0.25) is 0 Å². The molecule has 3 nitrogen and oxygen atoms in total. The van der Waals surface area contributed by atoms with Crippen LogP contribution in [0.5, 0.6) is 5.75 Å². The van der Waals surface area contributed by atoms with Gasteiger partial charge in [0.2, 0.25) is 0 Å². The van der Waals surface area contributed by atoms with E-state index in [1.165, 1.54) is 12.1 Å². The lowest BCUT2D eigenvalue weighted by atomic mass is 10.2. The van der Waals surface area contributed by atoms with Crippen molar-refractivity contribution < 1.29 is 14.2 Å². The third kappa shape index (κ3) is 4.08. The summed E-state index contributed by atoms with van der Waals surface area (Å²) in [6, 6.07) is 8.00. The van der Waals surface area contributed by atoms with Crippen LogP contribution in [0.15, 0.2) is 42.7 Å². The predicted molar refractivity (Wildman–Crippen MR) is 73.8 cm³/mol. The molecule has 1 aromatic heterocycles. The van der Waals surface area contributed by atoms with Crippen LogP contribution in [0.4, 0.5) is 4.39 Å². The molecule has 0 spiro atoms. The highest BCUT2D eigenvalue weighted by molar-refractivity contribution is 5.46. The molecule has 0 aliphatic rings. The summed E-state index contributed by atoms with van der Waals surface area (Å²) in [5, 5.41) is 8.70. The van der Waals surface area contributed by atoms with Gasteiger partial charge in [0.1, 0.15) is 18.2 Å². The monoisotopic (exact) mass is 271 g/mol. The number of hydrogen-bond acceptors (Lipinski definition) is 3. The molecule has 0 saturated heterocycles. The maximum absolute atomic E-state index is 13.2. The third-order valence-corrected chi connectivity index (χ3v) is 2.64. The molecule has 1 aromatic carbocycles. The van der Waals surface area contributed by atoms with Gasteiger partial charge in [0.05, 0.1) is 12.2 Å². The van der Waals surface area contributed by atoms with Crippen LogP contribution < -0.4 is 4.74 Å². The molecule has 1 N–H and O–H groups in total. The minimum absolute atomic E-state index is 0.271. The fraction of sp³-hybridized carbons (Fsp3) is 0.188. The van der Waals surface area contributed by atoms with Crippen molar-refractivity contribution in [3.05, 3.63) is 59.7 Å². The van der Waals surface area contributed by atoms with Gasteiger partial charge in [-0.1, -0.05) is 11.8 Å². The summed E-state index contributed by atoms with van der Waals surface area (Å²) >= 11 is 0. The Morgan fingerprint density at radius 2 is 2.00 bits per heavy atom. The zero-order valence-corrected chi connectivity index (χ0v) is 10.8. The highest BCUT2D eigenvalue weighted by atomic mass is 19.1. The van der Waals surface area contributed by atoms with Gasteiger partial charge in [-0.3, -0.25) is 4.98 Å². The van der Waals surface area contributed by atoms with Crippen molar-refractivity contribution in [2.75, 3.05) is 13.2 Å². The van der Waals surface area contributed by atoms with Crippen LogP contribution in [0.25, 0.3) is 0 Å². The summed E-state index contributed by atoms with van der Waals surface area (Å²) in [4.78, 5) is 3.94. The maximum atomic E-state index is 13.2.